The maximum Gasteiger partial charge on any atom is 0.276 e. The summed E-state index contributed by atoms with van der Waals surface area (Å²) in [5, 5.41) is 28.9. The van der Waals surface area contributed by atoms with E-state index in [0.717, 1.165) is 5.56 Å². The van der Waals surface area contributed by atoms with Gasteiger partial charge < -0.3 is 4.57 Å². The first-order valence-electron chi connectivity index (χ1n) is 7.42. The molecular formula is C18H13N5O2. The Morgan fingerprint density at radius 2 is 1.84 bits per heavy atom. The van der Waals surface area contributed by atoms with E-state index >= 15 is 0 Å². The van der Waals surface area contributed by atoms with Crippen molar-refractivity contribution in [1.29, 1.82) is 5.26 Å². The van der Waals surface area contributed by atoms with Crippen molar-refractivity contribution in [2.24, 2.45) is 7.05 Å². The lowest BCUT2D eigenvalue weighted by atomic mass is 10.1. The van der Waals surface area contributed by atoms with E-state index < -0.39 is 4.92 Å². The van der Waals surface area contributed by atoms with E-state index in [1.165, 1.54) is 12.1 Å². The zero-order valence-corrected chi connectivity index (χ0v) is 13.3. The van der Waals surface area contributed by atoms with Crippen molar-refractivity contribution in [3.63, 3.8) is 0 Å². The third kappa shape index (κ3) is 3.14. The van der Waals surface area contributed by atoms with Gasteiger partial charge in [0.15, 0.2) is 11.6 Å². The third-order valence-electron chi connectivity index (χ3n) is 3.70. The van der Waals surface area contributed by atoms with Crippen LogP contribution in [0.4, 0.5) is 5.69 Å². The molecule has 3 aromatic rings. The predicted octanol–water partition coefficient (Wildman–Crippen LogP) is 3.45. The van der Waals surface area contributed by atoms with Crippen LogP contribution in [0.15, 0.2) is 54.6 Å². The molecule has 0 bridgehead atoms. The van der Waals surface area contributed by atoms with Crippen molar-refractivity contribution in [2.45, 2.75) is 0 Å². The van der Waals surface area contributed by atoms with E-state index in [4.69, 9.17) is 0 Å². The summed E-state index contributed by atoms with van der Waals surface area (Å²) in [4.78, 5) is 10.7. The fourth-order valence-electron chi connectivity index (χ4n) is 2.48. The van der Waals surface area contributed by atoms with Crippen LogP contribution in [-0.4, -0.2) is 19.7 Å². The number of aromatic nitrogens is 3. The van der Waals surface area contributed by atoms with Gasteiger partial charge in [-0.25, -0.2) is 0 Å². The van der Waals surface area contributed by atoms with E-state index in [1.807, 2.05) is 30.3 Å². The minimum absolute atomic E-state index is 0.0688. The Balaban J connectivity index is 2.08. The molecule has 0 radical (unpaired) electrons. The highest BCUT2D eigenvalue weighted by Crippen LogP contribution is 2.25. The molecule has 0 fully saturated rings. The van der Waals surface area contributed by atoms with Gasteiger partial charge in [0.2, 0.25) is 0 Å². The molecule has 0 saturated carbocycles. The molecular weight excluding hydrogens is 318 g/mol. The molecule has 0 aliphatic heterocycles. The number of nitro benzene ring substituents is 1. The first kappa shape index (κ1) is 16.1. The molecule has 0 aliphatic rings. The van der Waals surface area contributed by atoms with Gasteiger partial charge in [-0.15, -0.1) is 10.2 Å². The number of rotatable bonds is 4. The normalized spacial score (nSPS) is 11.1. The molecule has 7 nitrogen and oxygen atoms in total. The smallest absolute Gasteiger partial charge is 0.276 e. The maximum absolute atomic E-state index is 11.1. The number of hydrogen-bond acceptors (Lipinski definition) is 5. The summed E-state index contributed by atoms with van der Waals surface area (Å²) >= 11 is 0. The molecule has 3 rings (SSSR count). The first-order chi connectivity index (χ1) is 12.1. The molecule has 122 valence electrons. The summed E-state index contributed by atoms with van der Waals surface area (Å²) in [6.45, 7) is 0. The fraction of sp³-hybridized carbons (Fsp3) is 0.0556. The van der Waals surface area contributed by atoms with Gasteiger partial charge in [0.25, 0.3) is 5.69 Å². The van der Waals surface area contributed by atoms with Gasteiger partial charge in [0.05, 0.1) is 16.1 Å². The second kappa shape index (κ2) is 6.76. The Kier molecular flexibility index (Phi) is 4.35. The highest BCUT2D eigenvalue weighted by Gasteiger charge is 2.17. The van der Waals surface area contributed by atoms with Crippen molar-refractivity contribution >= 4 is 17.3 Å². The van der Waals surface area contributed by atoms with Crippen LogP contribution >= 0.6 is 0 Å². The second-order valence-corrected chi connectivity index (χ2v) is 5.26. The van der Waals surface area contributed by atoms with Crippen LogP contribution in [0.5, 0.6) is 0 Å². The minimum atomic E-state index is -0.479. The number of nitro groups is 1. The zero-order valence-electron chi connectivity index (χ0n) is 13.3. The summed E-state index contributed by atoms with van der Waals surface area (Å²) in [7, 11) is 1.75. The quantitative estimate of drug-likeness (QED) is 0.414. The number of benzene rings is 2. The van der Waals surface area contributed by atoms with Crippen LogP contribution in [0.2, 0.25) is 0 Å². The van der Waals surface area contributed by atoms with Crippen LogP contribution in [-0.2, 0) is 7.05 Å². The predicted molar refractivity (Wildman–Crippen MR) is 93.0 cm³/mol. The van der Waals surface area contributed by atoms with Crippen LogP contribution in [0, 0.1) is 21.4 Å². The number of allylic oxidation sites excluding steroid dienone is 1. The summed E-state index contributed by atoms with van der Waals surface area (Å²) in [6.07, 6.45) is 1.46. The topological polar surface area (TPSA) is 97.6 Å². The second-order valence-electron chi connectivity index (χ2n) is 5.26. The summed E-state index contributed by atoms with van der Waals surface area (Å²) < 4.78 is 1.69. The summed E-state index contributed by atoms with van der Waals surface area (Å²) in [5.41, 5.74) is 1.34. The standard InChI is InChI=1S/C18H13N5O2/c1-22-17(13-7-3-2-4-8-13)20-21-18(22)15(12-19)11-14-9-5-6-10-16(14)23(24)25/h2-11H,1H3/b15-11+. The van der Waals surface area contributed by atoms with Gasteiger partial charge in [-0.2, -0.15) is 5.26 Å². The molecule has 7 heteroatoms. The first-order valence-corrected chi connectivity index (χ1v) is 7.42. The highest BCUT2D eigenvalue weighted by atomic mass is 16.6. The fourth-order valence-corrected chi connectivity index (χ4v) is 2.48. The van der Waals surface area contributed by atoms with E-state index in [1.54, 1.807) is 29.8 Å². The van der Waals surface area contributed by atoms with Crippen molar-refractivity contribution in [2.75, 3.05) is 0 Å². The van der Waals surface area contributed by atoms with Crippen LogP contribution in [0.25, 0.3) is 23.0 Å². The average Bonchev–Trinajstić information content (AvgIpc) is 3.02. The van der Waals surface area contributed by atoms with E-state index in [-0.39, 0.29) is 11.3 Å². The summed E-state index contributed by atoms with van der Waals surface area (Å²) in [6, 6.07) is 17.8. The lowest BCUT2D eigenvalue weighted by Gasteiger charge is -2.03. The van der Waals surface area contributed by atoms with Crippen LogP contribution in [0.3, 0.4) is 0 Å². The van der Waals surface area contributed by atoms with Gasteiger partial charge in [0.1, 0.15) is 6.07 Å². The molecule has 2 aromatic carbocycles. The van der Waals surface area contributed by atoms with Crippen molar-refractivity contribution < 1.29 is 4.92 Å². The Hall–Kier alpha value is -3.79. The Morgan fingerprint density at radius 1 is 1.16 bits per heavy atom. The molecule has 25 heavy (non-hydrogen) atoms. The Bertz CT molecular complexity index is 1000. The van der Waals surface area contributed by atoms with E-state index in [2.05, 4.69) is 16.3 Å². The third-order valence-corrected chi connectivity index (χ3v) is 3.70. The monoisotopic (exact) mass is 331 g/mol. The molecule has 0 spiro atoms. The molecule has 0 aliphatic carbocycles. The minimum Gasteiger partial charge on any atom is -0.310 e. The van der Waals surface area contributed by atoms with Gasteiger partial charge in [0, 0.05) is 18.7 Å². The van der Waals surface area contributed by atoms with Gasteiger partial charge >= 0.3 is 0 Å². The van der Waals surface area contributed by atoms with Crippen LogP contribution in [0.1, 0.15) is 11.4 Å². The van der Waals surface area contributed by atoms with Gasteiger partial charge in [-0.1, -0.05) is 42.5 Å². The van der Waals surface area contributed by atoms with Gasteiger partial charge in [-0.3, -0.25) is 10.1 Å². The SMILES string of the molecule is Cn1c(/C(C#N)=C/c2ccccc2[N+](=O)[O-])nnc1-c1ccccc1. The van der Waals surface area contributed by atoms with Crippen LogP contribution < -0.4 is 0 Å². The molecule has 0 unspecified atom stereocenters. The average molecular weight is 331 g/mol. The molecule has 0 saturated heterocycles. The van der Waals surface area contributed by atoms with Gasteiger partial charge in [-0.05, 0) is 12.1 Å². The Labute approximate surface area is 143 Å². The summed E-state index contributed by atoms with van der Waals surface area (Å²) in [5.74, 6) is 0.957. The molecule has 0 atom stereocenters. The number of hydrogen-bond donors (Lipinski definition) is 0. The highest BCUT2D eigenvalue weighted by molar-refractivity contribution is 5.89. The van der Waals surface area contributed by atoms with Crippen molar-refractivity contribution in [3.8, 4) is 17.5 Å². The van der Waals surface area contributed by atoms with E-state index in [9.17, 15) is 15.4 Å². The molecule has 0 N–H and O–H groups in total. The van der Waals surface area contributed by atoms with E-state index in [0.29, 0.717) is 17.2 Å². The number of nitrogens with zero attached hydrogens (tertiary/aromatic N) is 5. The Morgan fingerprint density at radius 3 is 2.52 bits per heavy atom. The zero-order chi connectivity index (χ0) is 17.8. The van der Waals surface area contributed by atoms with Crippen molar-refractivity contribution in [1.82, 2.24) is 14.8 Å². The largest absolute Gasteiger partial charge is 0.310 e. The molecule has 1 aromatic heterocycles. The lowest BCUT2D eigenvalue weighted by Crippen LogP contribution is -1.99. The molecule has 0 amide bonds. The van der Waals surface area contributed by atoms with Crippen molar-refractivity contribution in [3.05, 3.63) is 76.1 Å². The maximum atomic E-state index is 11.1. The number of para-hydroxylation sites is 1. The lowest BCUT2D eigenvalue weighted by molar-refractivity contribution is -0.385. The molecule has 1 heterocycles. The number of nitriles is 1.